The van der Waals surface area contributed by atoms with Crippen molar-refractivity contribution >= 4 is 23.2 Å². The van der Waals surface area contributed by atoms with E-state index in [0.29, 0.717) is 5.56 Å². The number of imidazole rings is 1. The van der Waals surface area contributed by atoms with Gasteiger partial charge < -0.3 is 9.67 Å². The molecule has 3 aromatic rings. The Hall–Kier alpha value is -3.36. The molecule has 6 nitrogen and oxygen atoms in total. The van der Waals surface area contributed by atoms with Crippen LogP contribution in [0, 0.1) is 0 Å². The molecule has 1 heterocycles. The summed E-state index contributed by atoms with van der Waals surface area (Å²) in [5.74, 6) is -1.79. The molecule has 0 atom stereocenters. The summed E-state index contributed by atoms with van der Waals surface area (Å²) in [4.78, 5) is 15.6. The molecule has 0 radical (unpaired) electrons. The van der Waals surface area contributed by atoms with Crippen LogP contribution in [0.1, 0.15) is 11.4 Å². The normalized spacial score (nSPS) is 12.0. The molecule has 0 aliphatic rings. The first-order valence-corrected chi connectivity index (χ1v) is 7.48. The molecule has 0 unspecified atom stereocenters. The maximum atomic E-state index is 13.2. The van der Waals surface area contributed by atoms with E-state index in [0.717, 1.165) is 4.57 Å². The first-order valence-electron chi connectivity index (χ1n) is 7.48. The first kappa shape index (κ1) is 17.5. The summed E-state index contributed by atoms with van der Waals surface area (Å²) in [6.07, 6.45) is -3.37. The molecule has 0 fully saturated rings. The predicted molar refractivity (Wildman–Crippen MR) is 88.6 cm³/mol. The highest BCUT2D eigenvalue weighted by Gasteiger charge is 2.37. The van der Waals surface area contributed by atoms with Crippen molar-refractivity contribution in [2.45, 2.75) is 12.7 Å². The number of fused-ring (bicyclic) bond motifs is 1. The summed E-state index contributed by atoms with van der Waals surface area (Å²) in [5.41, 5.74) is 3.14. The molecule has 0 saturated carbocycles. The lowest BCUT2D eigenvalue weighted by Gasteiger charge is -2.10. The molecule has 0 aliphatic carbocycles. The van der Waals surface area contributed by atoms with Gasteiger partial charge in [-0.3, -0.25) is 4.79 Å². The zero-order valence-electron chi connectivity index (χ0n) is 13.2. The van der Waals surface area contributed by atoms with Gasteiger partial charge in [0.25, 0.3) is 5.91 Å². The van der Waals surface area contributed by atoms with Crippen molar-refractivity contribution in [2.24, 2.45) is 5.10 Å². The number of alkyl halides is 3. The Balaban J connectivity index is 1.77. The number of amides is 1. The second kappa shape index (κ2) is 6.87. The smallest absolute Gasteiger partial charge is 0.449 e. The van der Waals surface area contributed by atoms with Gasteiger partial charge in [0.2, 0.25) is 5.82 Å². The number of hydrogen-bond acceptors (Lipinski definition) is 4. The number of hydrogen-bond donors (Lipinski definition) is 2. The SMILES string of the molecule is O=C(Cn1c(C(F)(F)F)nc2ccccc21)NN=Cc1ccc(O)cc1. The minimum Gasteiger partial charge on any atom is -0.508 e. The molecule has 2 aromatic carbocycles. The van der Waals surface area contributed by atoms with Gasteiger partial charge in [-0.15, -0.1) is 0 Å². The Morgan fingerprint density at radius 3 is 2.58 bits per heavy atom. The molecule has 26 heavy (non-hydrogen) atoms. The molecule has 0 spiro atoms. The summed E-state index contributed by atoms with van der Waals surface area (Å²) < 4.78 is 40.3. The minimum atomic E-state index is -4.69. The van der Waals surface area contributed by atoms with Crippen molar-refractivity contribution in [1.29, 1.82) is 0 Å². The lowest BCUT2D eigenvalue weighted by molar-refractivity contribution is -0.147. The number of rotatable bonds is 4. The molecule has 2 N–H and O–H groups in total. The van der Waals surface area contributed by atoms with Gasteiger partial charge in [-0.1, -0.05) is 12.1 Å². The van der Waals surface area contributed by atoms with Crippen LogP contribution < -0.4 is 5.43 Å². The molecule has 0 saturated heterocycles. The number of halogens is 3. The molecule has 9 heteroatoms. The third-order valence-corrected chi connectivity index (χ3v) is 3.51. The van der Waals surface area contributed by atoms with Crippen molar-refractivity contribution in [3.8, 4) is 5.75 Å². The molecule has 0 aliphatic heterocycles. The molecule has 1 aromatic heterocycles. The van der Waals surface area contributed by atoms with Crippen molar-refractivity contribution in [2.75, 3.05) is 0 Å². The standard InChI is InChI=1S/C17H13F3N4O2/c18-17(19,20)16-22-13-3-1-2-4-14(13)24(16)10-15(26)23-21-9-11-5-7-12(25)8-6-11/h1-9,25H,10H2,(H,23,26). The Morgan fingerprint density at radius 1 is 1.19 bits per heavy atom. The quantitative estimate of drug-likeness (QED) is 0.553. The Labute approximate surface area is 145 Å². The second-order valence-corrected chi connectivity index (χ2v) is 5.39. The summed E-state index contributed by atoms with van der Waals surface area (Å²) in [6, 6.07) is 12.1. The molecule has 3 rings (SSSR count). The number of nitrogens with zero attached hydrogens (tertiary/aromatic N) is 3. The van der Waals surface area contributed by atoms with Gasteiger partial charge in [0.1, 0.15) is 12.3 Å². The monoisotopic (exact) mass is 362 g/mol. The number of nitrogens with one attached hydrogen (secondary N) is 1. The van der Waals surface area contributed by atoms with E-state index in [-0.39, 0.29) is 16.8 Å². The van der Waals surface area contributed by atoms with Gasteiger partial charge in [0.15, 0.2) is 0 Å². The zero-order chi connectivity index (χ0) is 18.7. The van der Waals surface area contributed by atoms with Crippen LogP contribution in [0.5, 0.6) is 5.75 Å². The summed E-state index contributed by atoms with van der Waals surface area (Å²) in [6.45, 7) is -0.581. The Bertz CT molecular complexity index is 962. The fraction of sp³-hybridized carbons (Fsp3) is 0.118. The highest BCUT2D eigenvalue weighted by atomic mass is 19.4. The number of phenolic OH excluding ortho intramolecular Hbond substituents is 1. The number of aromatic hydroxyl groups is 1. The van der Waals surface area contributed by atoms with Crippen LogP contribution in [-0.4, -0.2) is 26.8 Å². The van der Waals surface area contributed by atoms with Crippen molar-refractivity contribution < 1.29 is 23.1 Å². The van der Waals surface area contributed by atoms with E-state index in [1.165, 1.54) is 30.5 Å². The number of para-hydroxylation sites is 2. The number of carbonyl (C=O) groups is 1. The summed E-state index contributed by atoms with van der Waals surface area (Å²) in [7, 11) is 0. The molecular formula is C17H13F3N4O2. The van der Waals surface area contributed by atoms with Crippen LogP contribution in [0.25, 0.3) is 11.0 Å². The molecular weight excluding hydrogens is 349 g/mol. The van der Waals surface area contributed by atoms with E-state index in [1.54, 1.807) is 24.3 Å². The van der Waals surface area contributed by atoms with Crippen molar-refractivity contribution in [1.82, 2.24) is 15.0 Å². The van der Waals surface area contributed by atoms with Gasteiger partial charge in [-0.2, -0.15) is 18.3 Å². The molecule has 1 amide bonds. The molecule has 134 valence electrons. The number of carbonyl (C=O) groups excluding carboxylic acids is 1. The highest BCUT2D eigenvalue weighted by molar-refractivity contribution is 5.84. The lowest BCUT2D eigenvalue weighted by Crippen LogP contribution is -2.26. The third kappa shape index (κ3) is 3.82. The van der Waals surface area contributed by atoms with E-state index in [2.05, 4.69) is 15.5 Å². The van der Waals surface area contributed by atoms with Gasteiger partial charge >= 0.3 is 6.18 Å². The maximum absolute atomic E-state index is 13.2. The van der Waals surface area contributed by atoms with Crippen molar-refractivity contribution in [3.63, 3.8) is 0 Å². The van der Waals surface area contributed by atoms with Gasteiger partial charge in [-0.05, 0) is 42.0 Å². The topological polar surface area (TPSA) is 79.5 Å². The van der Waals surface area contributed by atoms with E-state index in [1.807, 2.05) is 0 Å². The fourth-order valence-electron chi connectivity index (χ4n) is 2.37. The van der Waals surface area contributed by atoms with Crippen LogP contribution in [0.15, 0.2) is 53.6 Å². The highest BCUT2D eigenvalue weighted by Crippen LogP contribution is 2.31. The van der Waals surface area contributed by atoms with Crippen LogP contribution in [0.2, 0.25) is 0 Å². The largest absolute Gasteiger partial charge is 0.508 e. The Morgan fingerprint density at radius 2 is 1.88 bits per heavy atom. The second-order valence-electron chi connectivity index (χ2n) is 5.39. The number of hydrazone groups is 1. The van der Waals surface area contributed by atoms with Crippen LogP contribution in [-0.2, 0) is 17.5 Å². The van der Waals surface area contributed by atoms with E-state index < -0.39 is 24.5 Å². The van der Waals surface area contributed by atoms with Crippen molar-refractivity contribution in [3.05, 3.63) is 59.9 Å². The number of aromatic nitrogens is 2. The first-order chi connectivity index (χ1) is 12.3. The lowest BCUT2D eigenvalue weighted by atomic mass is 10.2. The third-order valence-electron chi connectivity index (χ3n) is 3.51. The fourth-order valence-corrected chi connectivity index (χ4v) is 2.37. The van der Waals surface area contributed by atoms with Crippen LogP contribution >= 0.6 is 0 Å². The number of phenols is 1. The number of benzene rings is 2. The van der Waals surface area contributed by atoms with E-state index in [9.17, 15) is 23.1 Å². The zero-order valence-corrected chi connectivity index (χ0v) is 13.2. The summed E-state index contributed by atoms with van der Waals surface area (Å²) >= 11 is 0. The molecule has 0 bridgehead atoms. The predicted octanol–water partition coefficient (Wildman–Crippen LogP) is 2.91. The minimum absolute atomic E-state index is 0.0813. The Kier molecular flexibility index (Phi) is 4.61. The van der Waals surface area contributed by atoms with Crippen LogP contribution in [0.4, 0.5) is 13.2 Å². The van der Waals surface area contributed by atoms with Gasteiger partial charge in [0, 0.05) is 0 Å². The van der Waals surface area contributed by atoms with Gasteiger partial charge in [0.05, 0.1) is 17.2 Å². The maximum Gasteiger partial charge on any atom is 0.449 e. The summed E-state index contributed by atoms with van der Waals surface area (Å²) in [5, 5.41) is 12.9. The van der Waals surface area contributed by atoms with Crippen LogP contribution in [0.3, 0.4) is 0 Å². The average molecular weight is 362 g/mol. The average Bonchev–Trinajstić information content (AvgIpc) is 2.96. The van der Waals surface area contributed by atoms with Gasteiger partial charge in [-0.25, -0.2) is 10.4 Å². The van der Waals surface area contributed by atoms with E-state index >= 15 is 0 Å². The van der Waals surface area contributed by atoms with E-state index in [4.69, 9.17) is 0 Å².